The van der Waals surface area contributed by atoms with Crippen LogP contribution in [0.1, 0.15) is 73.4 Å². The fraction of sp³-hybridized carbons (Fsp3) is 0.500. The number of aryl methyl sites for hydroxylation is 2. The van der Waals surface area contributed by atoms with Gasteiger partial charge in [0.1, 0.15) is 11.6 Å². The number of carbonyl (C=O) groups is 2. The molecule has 0 aromatic heterocycles. The topological polar surface area (TPSA) is 125 Å². The van der Waals surface area contributed by atoms with Gasteiger partial charge in [-0.3, -0.25) is 14.8 Å². The second-order valence-corrected chi connectivity index (χ2v) is 11.5. The maximum absolute atomic E-state index is 12.8. The van der Waals surface area contributed by atoms with Gasteiger partial charge in [0.15, 0.2) is 9.84 Å². The van der Waals surface area contributed by atoms with Gasteiger partial charge >= 0.3 is 0 Å². The molecule has 38 heavy (non-hydrogen) atoms. The largest absolute Gasteiger partial charge is 0.497 e. The van der Waals surface area contributed by atoms with E-state index in [0.717, 1.165) is 18.4 Å². The van der Waals surface area contributed by atoms with Crippen molar-refractivity contribution in [2.24, 2.45) is 0 Å². The number of unbranched alkanes of at least 4 members (excludes halogenated alkanes) is 5. The lowest BCUT2D eigenvalue weighted by atomic mass is 9.99. The van der Waals surface area contributed by atoms with Crippen LogP contribution in [0, 0.1) is 6.92 Å². The molecule has 0 fully saturated rings. The number of nitrogens with zero attached hydrogens (tertiary/aromatic N) is 1. The molecule has 0 aliphatic carbocycles. The summed E-state index contributed by atoms with van der Waals surface area (Å²) in [6.45, 7) is 4.64. The molecule has 0 atom stereocenters. The number of rotatable bonds is 16. The molecule has 2 aromatic carbocycles. The molecule has 2 aromatic rings. The Morgan fingerprint density at radius 3 is 2.32 bits per heavy atom. The first-order valence-corrected chi connectivity index (χ1v) is 14.7. The minimum absolute atomic E-state index is 0.0251. The minimum atomic E-state index is -3.72. The van der Waals surface area contributed by atoms with Crippen LogP contribution in [0.25, 0.3) is 0 Å². The van der Waals surface area contributed by atoms with Crippen molar-refractivity contribution in [3.05, 3.63) is 53.1 Å². The summed E-state index contributed by atoms with van der Waals surface area (Å²) in [6, 6.07) is 9.41. The van der Waals surface area contributed by atoms with Crippen LogP contribution in [0.15, 0.2) is 41.3 Å². The molecular weight excluding hydrogens is 506 g/mol. The van der Waals surface area contributed by atoms with Crippen LogP contribution < -0.4 is 15.5 Å². The molecule has 0 saturated heterocycles. The minimum Gasteiger partial charge on any atom is -0.497 e. The number of hydroxylamine groups is 1. The van der Waals surface area contributed by atoms with Crippen LogP contribution in [-0.2, 0) is 21.1 Å². The third-order valence-electron chi connectivity index (χ3n) is 6.50. The van der Waals surface area contributed by atoms with Crippen LogP contribution in [0.3, 0.4) is 0 Å². The fourth-order valence-electron chi connectivity index (χ4n) is 4.21. The molecule has 0 saturated carbocycles. The van der Waals surface area contributed by atoms with E-state index in [4.69, 9.17) is 4.74 Å². The number of amides is 2. The molecule has 210 valence electrons. The molecule has 3 N–H and O–H groups in total. The van der Waals surface area contributed by atoms with E-state index in [1.54, 1.807) is 42.6 Å². The van der Waals surface area contributed by atoms with Gasteiger partial charge in [-0.1, -0.05) is 45.1 Å². The zero-order valence-electron chi connectivity index (χ0n) is 22.9. The Morgan fingerprint density at radius 2 is 1.68 bits per heavy atom. The standard InChI is InChI=1S/C28H41N3O6S/c1-5-6-7-8-9-10-17-31(3)26(32)16-11-22-18-21(2)27(25(19-22)28(33)30-34)29-20-38(35,36)24-14-12-23(37-4)13-15-24/h12-15,18-19,29,34H,5-11,16-17,20H2,1-4H3,(H,30,33). The van der Waals surface area contributed by atoms with Gasteiger partial charge in [-0.05, 0) is 61.2 Å². The average Bonchev–Trinajstić information content (AvgIpc) is 2.92. The van der Waals surface area contributed by atoms with Gasteiger partial charge in [0, 0.05) is 20.0 Å². The van der Waals surface area contributed by atoms with E-state index in [0.29, 0.717) is 30.0 Å². The van der Waals surface area contributed by atoms with Crippen LogP contribution in [-0.4, -0.2) is 56.9 Å². The normalized spacial score (nSPS) is 11.2. The summed E-state index contributed by atoms with van der Waals surface area (Å²) in [4.78, 5) is 26.9. The molecule has 0 bridgehead atoms. The molecule has 0 radical (unpaired) electrons. The first-order valence-electron chi connectivity index (χ1n) is 13.1. The van der Waals surface area contributed by atoms with Gasteiger partial charge in [0.05, 0.1) is 23.3 Å². The van der Waals surface area contributed by atoms with Gasteiger partial charge < -0.3 is 15.0 Å². The van der Waals surface area contributed by atoms with E-state index in [1.807, 2.05) is 6.07 Å². The Hall–Kier alpha value is -3.11. The SMILES string of the molecule is CCCCCCCCN(C)C(=O)CCc1cc(C)c(NCS(=O)(=O)c2ccc(OC)cc2)c(C(=O)NO)c1. The molecule has 0 aliphatic rings. The summed E-state index contributed by atoms with van der Waals surface area (Å²) >= 11 is 0. The first-order chi connectivity index (χ1) is 18.1. The lowest BCUT2D eigenvalue weighted by molar-refractivity contribution is -0.129. The molecule has 2 amide bonds. The maximum Gasteiger partial charge on any atom is 0.276 e. The van der Waals surface area contributed by atoms with Gasteiger partial charge in [0.2, 0.25) is 5.91 Å². The molecule has 0 aliphatic heterocycles. The predicted molar refractivity (Wildman–Crippen MR) is 148 cm³/mol. The second-order valence-electron chi connectivity index (χ2n) is 9.47. The van der Waals surface area contributed by atoms with E-state index in [1.165, 1.54) is 44.9 Å². The van der Waals surface area contributed by atoms with Crippen LogP contribution >= 0.6 is 0 Å². The highest BCUT2D eigenvalue weighted by Gasteiger charge is 2.20. The van der Waals surface area contributed by atoms with E-state index >= 15 is 0 Å². The van der Waals surface area contributed by atoms with Crippen molar-refractivity contribution in [3.8, 4) is 5.75 Å². The van der Waals surface area contributed by atoms with E-state index < -0.39 is 21.6 Å². The summed E-state index contributed by atoms with van der Waals surface area (Å²) in [6.07, 6.45) is 7.66. The summed E-state index contributed by atoms with van der Waals surface area (Å²) in [5, 5.41) is 12.1. The highest BCUT2D eigenvalue weighted by atomic mass is 32.2. The summed E-state index contributed by atoms with van der Waals surface area (Å²) < 4.78 is 30.7. The quantitative estimate of drug-likeness (QED) is 0.158. The molecule has 0 unspecified atom stereocenters. The molecule has 10 heteroatoms. The van der Waals surface area contributed by atoms with Gasteiger partial charge in [-0.25, -0.2) is 13.9 Å². The maximum atomic E-state index is 12.8. The van der Waals surface area contributed by atoms with Crippen LogP contribution in [0.2, 0.25) is 0 Å². The fourth-order valence-corrected chi connectivity index (χ4v) is 5.26. The number of hydrogen-bond donors (Lipinski definition) is 3. The lowest BCUT2D eigenvalue weighted by Crippen LogP contribution is -2.28. The van der Waals surface area contributed by atoms with E-state index in [2.05, 4.69) is 12.2 Å². The van der Waals surface area contributed by atoms with Crippen molar-refractivity contribution in [3.63, 3.8) is 0 Å². The number of benzene rings is 2. The highest BCUT2D eigenvalue weighted by Crippen LogP contribution is 2.25. The summed E-state index contributed by atoms with van der Waals surface area (Å²) in [5.74, 6) is -0.659. The van der Waals surface area contributed by atoms with Gasteiger partial charge in [0.25, 0.3) is 5.91 Å². The van der Waals surface area contributed by atoms with Crippen molar-refractivity contribution < 1.29 is 28.0 Å². The number of hydrogen-bond acceptors (Lipinski definition) is 7. The third kappa shape index (κ3) is 9.33. The highest BCUT2D eigenvalue weighted by molar-refractivity contribution is 7.91. The van der Waals surface area contributed by atoms with Crippen molar-refractivity contribution in [1.29, 1.82) is 0 Å². The molecule has 0 heterocycles. The van der Waals surface area contributed by atoms with Crippen molar-refractivity contribution >= 4 is 27.3 Å². The Labute approximate surface area is 226 Å². The Balaban J connectivity index is 2.05. The smallest absolute Gasteiger partial charge is 0.276 e. The Kier molecular flexibility index (Phi) is 12.6. The number of nitrogens with one attached hydrogen (secondary N) is 2. The van der Waals surface area contributed by atoms with Gasteiger partial charge in [-0.15, -0.1) is 0 Å². The zero-order valence-corrected chi connectivity index (χ0v) is 23.7. The number of ether oxygens (including phenoxy) is 1. The summed E-state index contributed by atoms with van der Waals surface area (Å²) in [5.41, 5.74) is 3.38. The number of methoxy groups -OCH3 is 1. The number of sulfone groups is 1. The Morgan fingerprint density at radius 1 is 1.03 bits per heavy atom. The van der Waals surface area contributed by atoms with Crippen molar-refractivity contribution in [1.82, 2.24) is 10.4 Å². The van der Waals surface area contributed by atoms with E-state index in [-0.39, 0.29) is 22.8 Å². The lowest BCUT2D eigenvalue weighted by Gasteiger charge is -2.18. The zero-order chi connectivity index (χ0) is 28.1. The van der Waals surface area contributed by atoms with Crippen LogP contribution in [0.4, 0.5) is 5.69 Å². The molecule has 9 nitrogen and oxygen atoms in total. The molecule has 0 spiro atoms. The monoisotopic (exact) mass is 547 g/mol. The number of anilines is 1. The van der Waals surface area contributed by atoms with Crippen molar-refractivity contribution in [2.45, 2.75) is 70.1 Å². The summed E-state index contributed by atoms with van der Waals surface area (Å²) in [7, 11) is -0.414. The first kappa shape index (κ1) is 31.1. The molecule has 2 rings (SSSR count). The molecular formula is C28H41N3O6S. The van der Waals surface area contributed by atoms with Gasteiger partial charge in [-0.2, -0.15) is 0 Å². The predicted octanol–water partition coefficient (Wildman–Crippen LogP) is 4.72. The number of carbonyl (C=O) groups excluding carboxylic acids is 2. The second kappa shape index (κ2) is 15.3. The van der Waals surface area contributed by atoms with Crippen LogP contribution in [0.5, 0.6) is 5.75 Å². The average molecular weight is 548 g/mol. The Bertz CT molecular complexity index is 1170. The van der Waals surface area contributed by atoms with Crippen molar-refractivity contribution in [2.75, 3.05) is 31.9 Å². The third-order valence-corrected chi connectivity index (χ3v) is 8.01. The van der Waals surface area contributed by atoms with E-state index in [9.17, 15) is 23.2 Å².